The summed E-state index contributed by atoms with van der Waals surface area (Å²) in [5, 5.41) is 0. The predicted molar refractivity (Wildman–Crippen MR) is 67.6 cm³/mol. The lowest BCUT2D eigenvalue weighted by Gasteiger charge is -2.28. The lowest BCUT2D eigenvalue weighted by atomic mass is 9.92. The molecule has 0 N–H and O–H groups in total. The van der Waals surface area contributed by atoms with Gasteiger partial charge in [-0.25, -0.2) is 0 Å². The Hall–Kier alpha value is 0.580. The summed E-state index contributed by atoms with van der Waals surface area (Å²) in [6.07, 6.45) is 7.06. The van der Waals surface area contributed by atoms with E-state index >= 15 is 0 Å². The molecule has 0 bridgehead atoms. The van der Waals surface area contributed by atoms with Crippen LogP contribution < -0.4 is 0 Å². The van der Waals surface area contributed by atoms with Crippen molar-refractivity contribution in [3.8, 4) is 0 Å². The molecule has 0 radical (unpaired) electrons. The predicted octanol–water partition coefficient (Wildman–Crippen LogP) is 5.36. The van der Waals surface area contributed by atoms with Gasteiger partial charge in [0.1, 0.15) is 0 Å². The minimum absolute atomic E-state index is 0.126. The van der Waals surface area contributed by atoms with Crippen LogP contribution in [0.3, 0.4) is 0 Å². The molecule has 0 saturated heterocycles. The molecule has 86 valence electrons. The molecule has 0 rings (SSSR count). The molecular weight excluding hydrogens is 215 g/mol. The number of hydrogen-bond acceptors (Lipinski definition) is 0. The lowest BCUT2D eigenvalue weighted by molar-refractivity contribution is 0.445. The van der Waals surface area contributed by atoms with Gasteiger partial charge in [0.15, 0.2) is 0 Å². The Kier molecular flexibility index (Phi) is 6.48. The summed E-state index contributed by atoms with van der Waals surface area (Å²) in [5.41, 5.74) is 0. The number of alkyl halides is 2. The van der Waals surface area contributed by atoms with Gasteiger partial charge in [-0.05, 0) is 33.6 Å². The zero-order valence-corrected chi connectivity index (χ0v) is 11.5. The fraction of sp³-hybridized carbons (Fsp3) is 1.00. The highest BCUT2D eigenvalue weighted by atomic mass is 35.5. The molecule has 0 spiro atoms. The van der Waals surface area contributed by atoms with Crippen molar-refractivity contribution >= 4 is 23.2 Å². The van der Waals surface area contributed by atoms with Crippen molar-refractivity contribution in [2.75, 3.05) is 0 Å². The first-order valence-electron chi connectivity index (χ1n) is 5.65. The first-order valence-corrected chi connectivity index (χ1v) is 6.40. The van der Waals surface area contributed by atoms with Gasteiger partial charge < -0.3 is 0 Å². The van der Waals surface area contributed by atoms with Crippen LogP contribution in [0.4, 0.5) is 0 Å². The van der Waals surface area contributed by atoms with Gasteiger partial charge in [0.05, 0.1) is 0 Å². The average molecular weight is 239 g/mol. The minimum atomic E-state index is -0.179. The van der Waals surface area contributed by atoms with E-state index in [1.165, 1.54) is 25.7 Å². The van der Waals surface area contributed by atoms with Crippen LogP contribution in [0, 0.1) is 0 Å². The first-order chi connectivity index (χ1) is 6.27. The quantitative estimate of drug-likeness (QED) is 0.414. The molecule has 14 heavy (non-hydrogen) atoms. The van der Waals surface area contributed by atoms with Gasteiger partial charge in [-0.2, -0.15) is 0 Å². The molecule has 0 nitrogen and oxygen atoms in total. The SMILES string of the molecule is CCCCCCC(C)(Cl)CC(C)(C)Cl. The van der Waals surface area contributed by atoms with Crippen molar-refractivity contribution in [3.63, 3.8) is 0 Å². The zero-order chi connectivity index (χ0) is 11.2. The Morgan fingerprint density at radius 1 is 0.929 bits per heavy atom. The molecule has 1 unspecified atom stereocenters. The van der Waals surface area contributed by atoms with Crippen LogP contribution in [0.5, 0.6) is 0 Å². The molecule has 1 atom stereocenters. The van der Waals surface area contributed by atoms with Crippen LogP contribution in [0.25, 0.3) is 0 Å². The highest BCUT2D eigenvalue weighted by molar-refractivity contribution is 6.26. The maximum absolute atomic E-state index is 6.42. The largest absolute Gasteiger partial charge is 0.120 e. The summed E-state index contributed by atoms with van der Waals surface area (Å²) >= 11 is 12.6. The standard InChI is InChI=1S/C12H24Cl2/c1-5-6-7-8-9-12(4,14)10-11(2,3)13/h5-10H2,1-4H3. The molecule has 0 heterocycles. The minimum Gasteiger partial charge on any atom is -0.120 e. The van der Waals surface area contributed by atoms with Gasteiger partial charge in [0.2, 0.25) is 0 Å². The number of unbranched alkanes of at least 4 members (excludes halogenated alkanes) is 3. The summed E-state index contributed by atoms with van der Waals surface area (Å²) in [6.45, 7) is 8.38. The fourth-order valence-corrected chi connectivity index (χ4v) is 2.72. The van der Waals surface area contributed by atoms with E-state index in [-0.39, 0.29) is 9.75 Å². The topological polar surface area (TPSA) is 0 Å². The summed E-state index contributed by atoms with van der Waals surface area (Å²) in [5.74, 6) is 0. The Morgan fingerprint density at radius 2 is 1.50 bits per heavy atom. The van der Waals surface area contributed by atoms with Gasteiger partial charge in [-0.15, -0.1) is 23.2 Å². The summed E-state index contributed by atoms with van der Waals surface area (Å²) in [7, 11) is 0. The highest BCUT2D eigenvalue weighted by Gasteiger charge is 2.28. The van der Waals surface area contributed by atoms with Gasteiger partial charge in [0, 0.05) is 9.75 Å². The molecule has 0 aliphatic rings. The maximum Gasteiger partial charge on any atom is 0.0435 e. The van der Waals surface area contributed by atoms with Gasteiger partial charge in [0.25, 0.3) is 0 Å². The molecular formula is C12H24Cl2. The van der Waals surface area contributed by atoms with E-state index in [1.54, 1.807) is 0 Å². The molecule has 0 aromatic rings. The third-order valence-electron chi connectivity index (χ3n) is 2.34. The molecule has 2 heteroatoms. The highest BCUT2D eigenvalue weighted by Crippen LogP contribution is 2.34. The van der Waals surface area contributed by atoms with Crippen LogP contribution >= 0.6 is 23.2 Å². The molecule has 0 saturated carbocycles. The van der Waals surface area contributed by atoms with E-state index < -0.39 is 0 Å². The number of hydrogen-bond donors (Lipinski definition) is 0. The van der Waals surface area contributed by atoms with E-state index in [0.717, 1.165) is 12.8 Å². The van der Waals surface area contributed by atoms with Crippen molar-refractivity contribution in [2.45, 2.75) is 76.0 Å². The lowest BCUT2D eigenvalue weighted by Crippen LogP contribution is -2.26. The molecule has 0 aromatic heterocycles. The van der Waals surface area contributed by atoms with E-state index in [4.69, 9.17) is 23.2 Å². The second kappa shape index (κ2) is 6.23. The van der Waals surface area contributed by atoms with Gasteiger partial charge in [-0.3, -0.25) is 0 Å². The average Bonchev–Trinajstić information content (AvgIpc) is 1.93. The van der Waals surface area contributed by atoms with E-state index in [2.05, 4.69) is 13.8 Å². The van der Waals surface area contributed by atoms with E-state index in [0.29, 0.717) is 0 Å². The summed E-state index contributed by atoms with van der Waals surface area (Å²) in [4.78, 5) is -0.305. The smallest absolute Gasteiger partial charge is 0.0435 e. The fourth-order valence-electron chi connectivity index (χ4n) is 1.89. The van der Waals surface area contributed by atoms with Gasteiger partial charge in [-0.1, -0.05) is 32.6 Å². The van der Waals surface area contributed by atoms with Crippen molar-refractivity contribution < 1.29 is 0 Å². The first kappa shape index (κ1) is 14.6. The zero-order valence-electron chi connectivity index (χ0n) is 10.00. The molecule has 0 amide bonds. The Balaban J connectivity index is 3.72. The van der Waals surface area contributed by atoms with Crippen LogP contribution in [0.15, 0.2) is 0 Å². The van der Waals surface area contributed by atoms with E-state index in [9.17, 15) is 0 Å². The molecule has 0 fully saturated rings. The molecule has 0 aliphatic heterocycles. The monoisotopic (exact) mass is 238 g/mol. The van der Waals surface area contributed by atoms with Crippen LogP contribution in [-0.2, 0) is 0 Å². The number of halogens is 2. The Morgan fingerprint density at radius 3 is 1.93 bits per heavy atom. The van der Waals surface area contributed by atoms with E-state index in [1.807, 2.05) is 13.8 Å². The molecule has 0 aliphatic carbocycles. The third kappa shape index (κ3) is 9.15. The van der Waals surface area contributed by atoms with Crippen molar-refractivity contribution in [2.24, 2.45) is 0 Å². The van der Waals surface area contributed by atoms with Crippen molar-refractivity contribution in [1.82, 2.24) is 0 Å². The second-order valence-electron chi connectivity index (χ2n) is 5.12. The second-order valence-corrected chi connectivity index (χ2v) is 7.06. The van der Waals surface area contributed by atoms with Crippen LogP contribution in [0.1, 0.15) is 66.2 Å². The van der Waals surface area contributed by atoms with Crippen molar-refractivity contribution in [1.29, 1.82) is 0 Å². The van der Waals surface area contributed by atoms with Crippen molar-refractivity contribution in [3.05, 3.63) is 0 Å². The summed E-state index contributed by atoms with van der Waals surface area (Å²) in [6, 6.07) is 0. The summed E-state index contributed by atoms with van der Waals surface area (Å²) < 4.78 is 0. The van der Waals surface area contributed by atoms with Gasteiger partial charge >= 0.3 is 0 Å². The molecule has 0 aromatic carbocycles. The maximum atomic E-state index is 6.42. The Labute approximate surface area is 99.4 Å². The third-order valence-corrected chi connectivity index (χ3v) is 2.80. The van der Waals surface area contributed by atoms with Crippen LogP contribution in [-0.4, -0.2) is 9.75 Å². The van der Waals surface area contributed by atoms with Crippen LogP contribution in [0.2, 0.25) is 0 Å². The Bertz CT molecular complexity index is 145. The normalized spacial score (nSPS) is 16.7. The number of rotatable bonds is 7.